The summed E-state index contributed by atoms with van der Waals surface area (Å²) in [7, 11) is 0. The number of aromatic nitrogens is 3. The van der Waals surface area contributed by atoms with E-state index in [1.165, 1.54) is 6.33 Å². The fraction of sp³-hybridized carbons (Fsp3) is 0.750. The van der Waals surface area contributed by atoms with Gasteiger partial charge in [-0.15, -0.1) is 0 Å². The molecule has 1 saturated carbocycles. The van der Waals surface area contributed by atoms with E-state index in [-0.39, 0.29) is 17.7 Å². The molecule has 0 spiro atoms. The summed E-state index contributed by atoms with van der Waals surface area (Å²) in [6, 6.07) is 0. The van der Waals surface area contributed by atoms with Crippen LogP contribution in [0.25, 0.3) is 0 Å². The monoisotopic (exact) mass is 183 g/mol. The van der Waals surface area contributed by atoms with Gasteiger partial charge in [-0.2, -0.15) is 5.10 Å². The van der Waals surface area contributed by atoms with Crippen LogP contribution >= 0.6 is 0 Å². The van der Waals surface area contributed by atoms with Crippen molar-refractivity contribution in [3.05, 3.63) is 16.8 Å². The van der Waals surface area contributed by atoms with Gasteiger partial charge >= 0.3 is 5.69 Å². The summed E-state index contributed by atoms with van der Waals surface area (Å²) in [5, 5.41) is 14.8. The van der Waals surface area contributed by atoms with Gasteiger partial charge < -0.3 is 5.11 Å². The van der Waals surface area contributed by atoms with E-state index in [1.54, 1.807) is 4.57 Å². The lowest BCUT2D eigenvalue weighted by molar-refractivity contribution is 0.235. The molecule has 0 atom stereocenters. The van der Waals surface area contributed by atoms with Crippen molar-refractivity contribution < 1.29 is 5.11 Å². The zero-order valence-electron chi connectivity index (χ0n) is 7.36. The number of H-pyrrole nitrogens is 1. The van der Waals surface area contributed by atoms with Crippen LogP contribution in [-0.4, -0.2) is 26.5 Å². The van der Waals surface area contributed by atoms with Crippen molar-refractivity contribution in [2.45, 2.75) is 25.8 Å². The van der Waals surface area contributed by atoms with Gasteiger partial charge in [0.25, 0.3) is 0 Å². The van der Waals surface area contributed by atoms with E-state index >= 15 is 0 Å². The zero-order valence-corrected chi connectivity index (χ0v) is 7.36. The third kappa shape index (κ3) is 1.65. The summed E-state index contributed by atoms with van der Waals surface area (Å²) in [5.74, 6) is 0. The minimum Gasteiger partial charge on any atom is -0.396 e. The Kier molecular flexibility index (Phi) is 1.95. The van der Waals surface area contributed by atoms with E-state index in [0.29, 0.717) is 6.54 Å². The van der Waals surface area contributed by atoms with E-state index in [4.69, 9.17) is 5.11 Å². The number of rotatable bonds is 4. The molecule has 1 heterocycles. The van der Waals surface area contributed by atoms with Gasteiger partial charge in [0.1, 0.15) is 6.33 Å². The number of hydrogen-bond donors (Lipinski definition) is 2. The Morgan fingerprint density at radius 2 is 2.46 bits per heavy atom. The highest BCUT2D eigenvalue weighted by atomic mass is 16.3. The smallest absolute Gasteiger partial charge is 0.343 e. The van der Waals surface area contributed by atoms with Gasteiger partial charge in [0.15, 0.2) is 0 Å². The summed E-state index contributed by atoms with van der Waals surface area (Å²) in [6.45, 7) is 0.884. The van der Waals surface area contributed by atoms with Crippen molar-refractivity contribution in [3.63, 3.8) is 0 Å². The number of nitrogens with zero attached hydrogens (tertiary/aromatic N) is 2. The molecule has 1 aliphatic carbocycles. The summed E-state index contributed by atoms with van der Waals surface area (Å²) < 4.78 is 1.57. The maximum Gasteiger partial charge on any atom is 0.343 e. The van der Waals surface area contributed by atoms with Gasteiger partial charge in [-0.25, -0.2) is 9.89 Å². The van der Waals surface area contributed by atoms with Crippen LogP contribution in [0.5, 0.6) is 0 Å². The Balaban J connectivity index is 2.06. The minimum atomic E-state index is -0.163. The lowest BCUT2D eigenvalue weighted by Crippen LogP contribution is -2.22. The maximum atomic E-state index is 11.1. The molecule has 1 aliphatic rings. The van der Waals surface area contributed by atoms with Crippen molar-refractivity contribution in [2.24, 2.45) is 5.41 Å². The number of aromatic amines is 1. The molecule has 1 aromatic rings. The Morgan fingerprint density at radius 1 is 1.69 bits per heavy atom. The summed E-state index contributed by atoms with van der Waals surface area (Å²) in [5.41, 5.74) is 0.00633. The largest absolute Gasteiger partial charge is 0.396 e. The van der Waals surface area contributed by atoms with Crippen molar-refractivity contribution in [3.8, 4) is 0 Å². The summed E-state index contributed by atoms with van der Waals surface area (Å²) >= 11 is 0. The lowest BCUT2D eigenvalue weighted by atomic mass is 10.0. The molecule has 5 nitrogen and oxygen atoms in total. The van der Waals surface area contributed by atoms with Crippen LogP contribution in [0.1, 0.15) is 19.3 Å². The van der Waals surface area contributed by atoms with Crippen LogP contribution in [0.2, 0.25) is 0 Å². The molecule has 0 aromatic carbocycles. The normalized spacial score (nSPS) is 18.8. The van der Waals surface area contributed by atoms with Crippen molar-refractivity contribution in [2.75, 3.05) is 6.61 Å². The van der Waals surface area contributed by atoms with Crippen LogP contribution in [0.15, 0.2) is 11.1 Å². The molecular weight excluding hydrogens is 170 g/mol. The number of hydrogen-bond acceptors (Lipinski definition) is 3. The zero-order chi connectivity index (χ0) is 9.31. The molecule has 1 aromatic heterocycles. The van der Waals surface area contributed by atoms with Crippen molar-refractivity contribution in [1.29, 1.82) is 0 Å². The number of aliphatic hydroxyl groups excluding tert-OH is 1. The predicted molar refractivity (Wildman–Crippen MR) is 46.2 cm³/mol. The van der Waals surface area contributed by atoms with E-state index in [1.807, 2.05) is 0 Å². The van der Waals surface area contributed by atoms with E-state index in [9.17, 15) is 4.79 Å². The molecule has 2 rings (SSSR count). The molecule has 0 radical (unpaired) electrons. The van der Waals surface area contributed by atoms with Gasteiger partial charge in [0.2, 0.25) is 0 Å². The molecule has 1 fully saturated rings. The maximum absolute atomic E-state index is 11.1. The van der Waals surface area contributed by atoms with Gasteiger partial charge in [0, 0.05) is 13.2 Å². The molecule has 0 saturated heterocycles. The molecule has 2 N–H and O–H groups in total. The second-order valence-corrected chi connectivity index (χ2v) is 3.76. The van der Waals surface area contributed by atoms with Gasteiger partial charge in [0.05, 0.1) is 0 Å². The third-order valence-electron chi connectivity index (χ3n) is 2.72. The minimum absolute atomic E-state index is 0.163. The highest BCUT2D eigenvalue weighted by molar-refractivity contribution is 4.93. The fourth-order valence-corrected chi connectivity index (χ4v) is 1.65. The molecule has 5 heteroatoms. The van der Waals surface area contributed by atoms with Crippen LogP contribution in [0.3, 0.4) is 0 Å². The molecule has 0 unspecified atom stereocenters. The van der Waals surface area contributed by atoms with Crippen molar-refractivity contribution in [1.82, 2.24) is 14.8 Å². The van der Waals surface area contributed by atoms with Gasteiger partial charge in [-0.3, -0.25) is 4.57 Å². The first-order chi connectivity index (χ1) is 6.26. The third-order valence-corrected chi connectivity index (χ3v) is 2.72. The van der Waals surface area contributed by atoms with Crippen LogP contribution in [0.4, 0.5) is 0 Å². The Labute approximate surface area is 75.4 Å². The standard InChI is InChI=1S/C8H13N3O2/c12-4-3-8(1-2-8)5-11-6-9-10-7(11)13/h6,12H,1-5H2,(H,10,13). The average Bonchev–Trinajstić information content (AvgIpc) is 2.73. The first-order valence-electron chi connectivity index (χ1n) is 4.46. The molecule has 72 valence electrons. The Morgan fingerprint density at radius 3 is 2.92 bits per heavy atom. The van der Waals surface area contributed by atoms with E-state index < -0.39 is 0 Å². The molecule has 0 bridgehead atoms. The van der Waals surface area contributed by atoms with E-state index in [0.717, 1.165) is 19.3 Å². The Hall–Kier alpha value is -1.10. The number of nitrogens with one attached hydrogen (secondary N) is 1. The second kappa shape index (κ2) is 2.99. The van der Waals surface area contributed by atoms with Crippen molar-refractivity contribution >= 4 is 0 Å². The highest BCUT2D eigenvalue weighted by Crippen LogP contribution is 2.49. The predicted octanol–water partition coefficient (Wildman–Crippen LogP) is -0.266. The quantitative estimate of drug-likeness (QED) is 0.675. The van der Waals surface area contributed by atoms with Gasteiger partial charge in [-0.1, -0.05) is 0 Å². The van der Waals surface area contributed by atoms with Crippen LogP contribution < -0.4 is 5.69 Å². The van der Waals surface area contributed by atoms with Crippen LogP contribution in [0, 0.1) is 5.41 Å². The molecule has 0 amide bonds. The second-order valence-electron chi connectivity index (χ2n) is 3.76. The first-order valence-corrected chi connectivity index (χ1v) is 4.46. The summed E-state index contributed by atoms with van der Waals surface area (Å²) in [6.07, 6.45) is 4.50. The molecular formula is C8H13N3O2. The summed E-state index contributed by atoms with van der Waals surface area (Å²) in [4.78, 5) is 11.1. The van der Waals surface area contributed by atoms with Gasteiger partial charge in [-0.05, 0) is 24.7 Å². The highest BCUT2D eigenvalue weighted by Gasteiger charge is 2.42. The topological polar surface area (TPSA) is 70.9 Å². The molecule has 13 heavy (non-hydrogen) atoms. The van der Waals surface area contributed by atoms with Crippen LogP contribution in [-0.2, 0) is 6.54 Å². The molecule has 0 aliphatic heterocycles. The fourth-order valence-electron chi connectivity index (χ4n) is 1.65. The number of aliphatic hydroxyl groups is 1. The SMILES string of the molecule is O=c1[nH]ncn1CC1(CCO)CC1. The van der Waals surface area contributed by atoms with E-state index in [2.05, 4.69) is 10.2 Å². The first kappa shape index (κ1) is 8.50. The average molecular weight is 183 g/mol. The lowest BCUT2D eigenvalue weighted by Gasteiger charge is -2.12. The Bertz CT molecular complexity index is 337.